The lowest BCUT2D eigenvalue weighted by Crippen LogP contribution is -2.01. The highest BCUT2D eigenvalue weighted by atomic mass is 15.5. The van der Waals surface area contributed by atoms with Crippen molar-refractivity contribution in [2.45, 2.75) is 20.4 Å². The Balaban J connectivity index is 2.54. The van der Waals surface area contributed by atoms with E-state index in [0.29, 0.717) is 0 Å². The molecule has 15 heavy (non-hydrogen) atoms. The van der Waals surface area contributed by atoms with Crippen molar-refractivity contribution >= 4 is 5.69 Å². The molecule has 0 fully saturated rings. The summed E-state index contributed by atoms with van der Waals surface area (Å²) in [5, 5.41) is 11.6. The van der Waals surface area contributed by atoms with E-state index >= 15 is 0 Å². The van der Waals surface area contributed by atoms with Gasteiger partial charge in [0.2, 0.25) is 0 Å². The lowest BCUT2D eigenvalue weighted by molar-refractivity contribution is 0.631. The van der Waals surface area contributed by atoms with E-state index in [2.05, 4.69) is 15.5 Å². The predicted molar refractivity (Wildman–Crippen MR) is 58.1 cm³/mol. The third-order valence-corrected chi connectivity index (χ3v) is 2.32. The number of nitrogen functional groups attached to an aromatic ring is 1. The molecule has 5 heteroatoms. The van der Waals surface area contributed by atoms with E-state index in [-0.39, 0.29) is 0 Å². The van der Waals surface area contributed by atoms with E-state index in [1.54, 1.807) is 4.68 Å². The first-order chi connectivity index (χ1) is 7.22. The third kappa shape index (κ3) is 1.68. The first-order valence-electron chi connectivity index (χ1n) is 4.85. The lowest BCUT2D eigenvalue weighted by Gasteiger charge is -2.05. The molecule has 2 N–H and O–H groups in total. The van der Waals surface area contributed by atoms with Gasteiger partial charge in [-0.25, -0.2) is 4.68 Å². The van der Waals surface area contributed by atoms with Crippen LogP contribution in [0.5, 0.6) is 0 Å². The summed E-state index contributed by atoms with van der Waals surface area (Å²) in [4.78, 5) is 0. The number of nitrogens with zero attached hydrogens (tertiary/aromatic N) is 4. The van der Waals surface area contributed by atoms with Gasteiger partial charge < -0.3 is 5.73 Å². The Morgan fingerprint density at radius 3 is 2.87 bits per heavy atom. The molecule has 78 valence electrons. The van der Waals surface area contributed by atoms with E-state index in [1.165, 1.54) is 0 Å². The highest BCUT2D eigenvalue weighted by Gasteiger charge is 2.09. The smallest absolute Gasteiger partial charge is 0.182 e. The van der Waals surface area contributed by atoms with Crippen LogP contribution in [-0.4, -0.2) is 20.2 Å². The molecule has 0 aliphatic carbocycles. The number of aromatic nitrogens is 4. The van der Waals surface area contributed by atoms with Crippen molar-refractivity contribution in [1.29, 1.82) is 0 Å². The van der Waals surface area contributed by atoms with Crippen LogP contribution in [0.4, 0.5) is 5.69 Å². The van der Waals surface area contributed by atoms with E-state index in [1.807, 2.05) is 32.0 Å². The molecule has 0 bridgehead atoms. The van der Waals surface area contributed by atoms with Crippen molar-refractivity contribution in [1.82, 2.24) is 20.2 Å². The fourth-order valence-corrected chi connectivity index (χ4v) is 1.55. The van der Waals surface area contributed by atoms with Gasteiger partial charge in [-0.2, -0.15) is 0 Å². The van der Waals surface area contributed by atoms with Crippen LogP contribution in [0.15, 0.2) is 18.2 Å². The normalized spacial score (nSPS) is 10.5. The fourth-order valence-electron chi connectivity index (χ4n) is 1.55. The van der Waals surface area contributed by atoms with Crippen LogP contribution >= 0.6 is 0 Å². The molecule has 1 heterocycles. The molecule has 0 saturated carbocycles. The van der Waals surface area contributed by atoms with Crippen molar-refractivity contribution < 1.29 is 0 Å². The van der Waals surface area contributed by atoms with Gasteiger partial charge in [-0.05, 0) is 48.0 Å². The standard InChI is InChI=1S/C10H13N5/c1-3-15-10(12-13-14-15)9-5-4-8(11)6-7(9)2/h4-6H,3,11H2,1-2H3. The molecule has 0 unspecified atom stereocenters. The van der Waals surface area contributed by atoms with Crippen molar-refractivity contribution in [2.24, 2.45) is 0 Å². The lowest BCUT2D eigenvalue weighted by atomic mass is 10.1. The van der Waals surface area contributed by atoms with Gasteiger partial charge in [0.15, 0.2) is 5.82 Å². The van der Waals surface area contributed by atoms with Crippen LogP contribution < -0.4 is 5.73 Å². The van der Waals surface area contributed by atoms with Crippen LogP contribution in [0.2, 0.25) is 0 Å². The SMILES string of the molecule is CCn1nnnc1-c1ccc(N)cc1C. The van der Waals surface area contributed by atoms with Gasteiger partial charge in [0, 0.05) is 17.8 Å². The van der Waals surface area contributed by atoms with Gasteiger partial charge in [-0.15, -0.1) is 5.10 Å². The molecule has 0 aliphatic heterocycles. The molecule has 2 aromatic rings. The average molecular weight is 203 g/mol. The summed E-state index contributed by atoms with van der Waals surface area (Å²) < 4.78 is 1.76. The van der Waals surface area contributed by atoms with Gasteiger partial charge in [-0.3, -0.25) is 0 Å². The second-order valence-electron chi connectivity index (χ2n) is 3.39. The predicted octanol–water partition coefficient (Wildman–Crippen LogP) is 1.25. The van der Waals surface area contributed by atoms with Crippen LogP contribution in [0.3, 0.4) is 0 Å². The Hall–Kier alpha value is -1.91. The molecule has 0 aliphatic rings. The Labute approximate surface area is 87.9 Å². The minimum atomic E-state index is 0.756. The van der Waals surface area contributed by atoms with Crippen molar-refractivity contribution in [3.05, 3.63) is 23.8 Å². The molecule has 0 amide bonds. The topological polar surface area (TPSA) is 69.6 Å². The van der Waals surface area contributed by atoms with Gasteiger partial charge in [0.25, 0.3) is 0 Å². The van der Waals surface area contributed by atoms with E-state index in [0.717, 1.165) is 29.2 Å². The summed E-state index contributed by atoms with van der Waals surface area (Å²) in [6, 6.07) is 5.73. The maximum absolute atomic E-state index is 5.69. The number of aryl methyl sites for hydroxylation is 2. The number of rotatable bonds is 2. The second-order valence-corrected chi connectivity index (χ2v) is 3.39. The summed E-state index contributed by atoms with van der Waals surface area (Å²) in [6.45, 7) is 4.76. The number of benzene rings is 1. The minimum absolute atomic E-state index is 0.756. The molecule has 1 aromatic carbocycles. The molecule has 2 rings (SSSR count). The van der Waals surface area contributed by atoms with Crippen molar-refractivity contribution in [2.75, 3.05) is 5.73 Å². The Bertz CT molecular complexity index is 474. The van der Waals surface area contributed by atoms with Gasteiger partial charge >= 0.3 is 0 Å². The van der Waals surface area contributed by atoms with Gasteiger partial charge in [0.1, 0.15) is 0 Å². The summed E-state index contributed by atoms with van der Waals surface area (Å²) >= 11 is 0. The van der Waals surface area contributed by atoms with E-state index < -0.39 is 0 Å². The van der Waals surface area contributed by atoms with Crippen LogP contribution in [0.25, 0.3) is 11.4 Å². The summed E-state index contributed by atoms with van der Waals surface area (Å²) in [7, 11) is 0. The van der Waals surface area contributed by atoms with Crippen molar-refractivity contribution in [3.8, 4) is 11.4 Å². The minimum Gasteiger partial charge on any atom is -0.399 e. The number of anilines is 1. The fraction of sp³-hybridized carbons (Fsp3) is 0.300. The van der Waals surface area contributed by atoms with Gasteiger partial charge in [0.05, 0.1) is 0 Å². The molecular formula is C10H13N5. The zero-order valence-corrected chi connectivity index (χ0v) is 8.81. The summed E-state index contributed by atoms with van der Waals surface area (Å²) in [6.07, 6.45) is 0. The van der Waals surface area contributed by atoms with Crippen LogP contribution in [-0.2, 0) is 6.54 Å². The first-order valence-corrected chi connectivity index (χ1v) is 4.85. The second kappa shape index (κ2) is 3.68. The molecule has 0 atom stereocenters. The van der Waals surface area contributed by atoms with Crippen LogP contribution in [0, 0.1) is 6.92 Å². The molecule has 0 saturated heterocycles. The highest BCUT2D eigenvalue weighted by molar-refractivity contribution is 5.63. The number of hydrogen-bond acceptors (Lipinski definition) is 4. The largest absolute Gasteiger partial charge is 0.399 e. The van der Waals surface area contributed by atoms with Crippen LogP contribution in [0.1, 0.15) is 12.5 Å². The molecule has 1 aromatic heterocycles. The highest BCUT2D eigenvalue weighted by Crippen LogP contribution is 2.22. The Kier molecular flexibility index (Phi) is 2.37. The third-order valence-electron chi connectivity index (χ3n) is 2.32. The van der Waals surface area contributed by atoms with E-state index in [9.17, 15) is 0 Å². The van der Waals surface area contributed by atoms with Crippen molar-refractivity contribution in [3.63, 3.8) is 0 Å². The number of tetrazole rings is 1. The maximum atomic E-state index is 5.69. The molecular weight excluding hydrogens is 190 g/mol. The average Bonchev–Trinajstić information content (AvgIpc) is 2.65. The number of nitrogens with two attached hydrogens (primary N) is 1. The quantitative estimate of drug-likeness (QED) is 0.746. The monoisotopic (exact) mass is 203 g/mol. The number of hydrogen-bond donors (Lipinski definition) is 1. The zero-order valence-electron chi connectivity index (χ0n) is 8.81. The summed E-state index contributed by atoms with van der Waals surface area (Å²) in [5.74, 6) is 0.787. The van der Waals surface area contributed by atoms with E-state index in [4.69, 9.17) is 5.73 Å². The Morgan fingerprint density at radius 1 is 1.40 bits per heavy atom. The molecule has 5 nitrogen and oxygen atoms in total. The maximum Gasteiger partial charge on any atom is 0.182 e. The zero-order chi connectivity index (χ0) is 10.8. The molecule has 0 radical (unpaired) electrons. The first kappa shape index (κ1) is 9.64. The summed E-state index contributed by atoms with van der Waals surface area (Å²) in [5.41, 5.74) is 8.56. The molecule has 0 spiro atoms. The Morgan fingerprint density at radius 2 is 2.20 bits per heavy atom. The van der Waals surface area contributed by atoms with Gasteiger partial charge in [-0.1, -0.05) is 0 Å².